The molecule has 3 heterocycles. The molecule has 1 atom stereocenters. The Morgan fingerprint density at radius 1 is 1.27 bits per heavy atom. The van der Waals surface area contributed by atoms with Gasteiger partial charge in [-0.2, -0.15) is 0 Å². The summed E-state index contributed by atoms with van der Waals surface area (Å²) in [5.41, 5.74) is 2.57. The first-order valence-electron chi connectivity index (χ1n) is 11.5. The van der Waals surface area contributed by atoms with E-state index in [0.29, 0.717) is 5.92 Å². The number of aliphatic hydroxyl groups is 1. The number of rotatable bonds is 10. The van der Waals surface area contributed by atoms with Crippen molar-refractivity contribution in [1.29, 1.82) is 0 Å². The van der Waals surface area contributed by atoms with E-state index in [9.17, 15) is 19.8 Å². The van der Waals surface area contributed by atoms with E-state index in [1.165, 1.54) is 16.8 Å². The molecular weight excluding hydrogens is 424 g/mol. The summed E-state index contributed by atoms with van der Waals surface area (Å²) in [5.74, 6) is -0.394. The lowest BCUT2D eigenvalue weighted by atomic mass is 9.76. The van der Waals surface area contributed by atoms with E-state index >= 15 is 0 Å². The second kappa shape index (κ2) is 10.7. The van der Waals surface area contributed by atoms with Crippen LogP contribution in [-0.2, 0) is 22.5 Å². The summed E-state index contributed by atoms with van der Waals surface area (Å²) in [4.78, 5) is 38.6. The zero-order valence-electron chi connectivity index (χ0n) is 18.5. The maximum absolute atomic E-state index is 12.6. The van der Waals surface area contributed by atoms with Crippen molar-refractivity contribution in [2.24, 2.45) is 5.92 Å². The van der Waals surface area contributed by atoms with Crippen LogP contribution < -0.4 is 5.32 Å². The quantitative estimate of drug-likeness (QED) is 0.464. The van der Waals surface area contributed by atoms with Crippen molar-refractivity contribution >= 4 is 17.8 Å². The number of hydroxylamine groups is 2. The summed E-state index contributed by atoms with van der Waals surface area (Å²) in [6, 6.07) is 6.12. The van der Waals surface area contributed by atoms with Crippen LogP contribution in [0.2, 0.25) is 0 Å². The predicted molar refractivity (Wildman–Crippen MR) is 120 cm³/mol. The Balaban J connectivity index is 1.36. The van der Waals surface area contributed by atoms with Gasteiger partial charge in [-0.15, -0.1) is 5.06 Å². The van der Waals surface area contributed by atoms with E-state index in [1.807, 2.05) is 0 Å². The third-order valence-corrected chi connectivity index (χ3v) is 6.41. The van der Waals surface area contributed by atoms with Crippen LogP contribution in [0.15, 0.2) is 36.7 Å². The third kappa shape index (κ3) is 5.66. The Morgan fingerprint density at radius 3 is 2.85 bits per heavy atom. The number of carboxylic acid groups (broad SMARTS) is 1. The molecule has 1 aliphatic carbocycles. The highest BCUT2D eigenvalue weighted by atomic mass is 16.7. The van der Waals surface area contributed by atoms with Gasteiger partial charge in [-0.3, -0.25) is 9.78 Å². The van der Waals surface area contributed by atoms with Crippen molar-refractivity contribution in [3.63, 3.8) is 0 Å². The number of anilines is 1. The summed E-state index contributed by atoms with van der Waals surface area (Å²) in [5, 5.41) is 23.7. The number of carbonyl (C=O) groups is 2. The van der Waals surface area contributed by atoms with Gasteiger partial charge in [-0.1, -0.05) is 6.07 Å². The number of nitrogens with zero attached hydrogens (tertiary/aromatic N) is 3. The average Bonchev–Trinajstić information content (AvgIpc) is 2.81. The number of fused-ring (bicyclic) bond motifs is 1. The zero-order valence-corrected chi connectivity index (χ0v) is 18.5. The number of nitrogens with one attached hydrogen (secondary N) is 1. The summed E-state index contributed by atoms with van der Waals surface area (Å²) < 4.78 is 0. The van der Waals surface area contributed by atoms with Crippen molar-refractivity contribution in [3.05, 3.63) is 53.5 Å². The fourth-order valence-corrected chi connectivity index (χ4v) is 4.51. The van der Waals surface area contributed by atoms with Gasteiger partial charge in [0.2, 0.25) is 0 Å². The van der Waals surface area contributed by atoms with E-state index in [0.717, 1.165) is 56.6 Å². The molecular formula is C24H30N4O5. The Morgan fingerprint density at radius 2 is 2.12 bits per heavy atom. The number of aliphatic hydroxyl groups excluding tert-OH is 1. The number of aliphatic carboxylic acids is 1. The third-order valence-electron chi connectivity index (χ3n) is 6.41. The number of aromatic nitrogens is 2. The molecule has 9 heteroatoms. The van der Waals surface area contributed by atoms with Gasteiger partial charge in [-0.25, -0.2) is 9.78 Å². The van der Waals surface area contributed by atoms with Crippen LogP contribution in [0.3, 0.4) is 0 Å². The molecule has 0 spiro atoms. The van der Waals surface area contributed by atoms with Crippen LogP contribution in [0.4, 0.5) is 5.82 Å². The highest BCUT2D eigenvalue weighted by Gasteiger charge is 2.41. The molecule has 0 amide bonds. The molecule has 0 saturated heterocycles. The fourth-order valence-electron chi connectivity index (χ4n) is 4.51. The molecule has 1 aliphatic heterocycles. The van der Waals surface area contributed by atoms with Gasteiger partial charge >= 0.3 is 11.9 Å². The van der Waals surface area contributed by atoms with Gasteiger partial charge in [0, 0.05) is 37.3 Å². The zero-order chi connectivity index (χ0) is 23.2. The van der Waals surface area contributed by atoms with Crippen molar-refractivity contribution < 1.29 is 24.6 Å². The SMILES string of the molecule is O=C(ON(C1CC(CCc2ccc3c(n2)NCCC3)C1)[C@@H](CCO)C(=O)O)c1cccnc1. The Kier molecular flexibility index (Phi) is 7.51. The first-order chi connectivity index (χ1) is 16.0. The van der Waals surface area contributed by atoms with Crippen LogP contribution in [0.5, 0.6) is 0 Å². The highest BCUT2D eigenvalue weighted by molar-refractivity contribution is 5.89. The average molecular weight is 455 g/mol. The summed E-state index contributed by atoms with van der Waals surface area (Å²) in [7, 11) is 0. The molecule has 176 valence electrons. The Labute approximate surface area is 192 Å². The number of carbonyl (C=O) groups excluding carboxylic acids is 1. The lowest BCUT2D eigenvalue weighted by Crippen LogP contribution is -2.53. The van der Waals surface area contributed by atoms with E-state index in [-0.39, 0.29) is 24.6 Å². The van der Waals surface area contributed by atoms with Crippen molar-refractivity contribution in [3.8, 4) is 0 Å². The second-order valence-electron chi connectivity index (χ2n) is 8.72. The van der Waals surface area contributed by atoms with E-state index in [2.05, 4.69) is 22.4 Å². The van der Waals surface area contributed by atoms with Crippen LogP contribution >= 0.6 is 0 Å². The molecule has 2 aliphatic rings. The number of hydrogen-bond acceptors (Lipinski definition) is 8. The largest absolute Gasteiger partial charge is 0.480 e. The molecule has 4 rings (SSSR count). The minimum Gasteiger partial charge on any atom is -0.480 e. The van der Waals surface area contributed by atoms with Gasteiger partial charge in [0.1, 0.15) is 11.9 Å². The highest BCUT2D eigenvalue weighted by Crippen LogP contribution is 2.37. The lowest BCUT2D eigenvalue weighted by molar-refractivity contribution is -0.204. The van der Waals surface area contributed by atoms with Gasteiger partial charge in [0.15, 0.2) is 0 Å². The second-order valence-corrected chi connectivity index (χ2v) is 8.72. The number of aryl methyl sites for hydroxylation is 2. The van der Waals surface area contributed by atoms with Gasteiger partial charge < -0.3 is 20.4 Å². The van der Waals surface area contributed by atoms with Crippen molar-refractivity contribution in [2.45, 2.75) is 57.0 Å². The summed E-state index contributed by atoms with van der Waals surface area (Å²) in [6.07, 6.45) is 8.32. The molecule has 0 unspecified atom stereocenters. The van der Waals surface area contributed by atoms with Crippen LogP contribution in [0.1, 0.15) is 53.7 Å². The van der Waals surface area contributed by atoms with Crippen molar-refractivity contribution in [1.82, 2.24) is 15.0 Å². The molecule has 9 nitrogen and oxygen atoms in total. The standard InChI is InChI=1S/C24H30N4O5/c29-12-9-21(23(30)31)28(33-24(32)18-4-1-10-25-15-18)20-13-16(14-20)5-7-19-8-6-17-3-2-11-26-22(17)27-19/h1,4,6,8,10,15-16,20-21,29H,2-3,5,7,9,11-14H2,(H,26,27)(H,30,31)/t16?,20?,21-/m0/s1. The van der Waals surface area contributed by atoms with Gasteiger partial charge in [0.25, 0.3) is 0 Å². The molecule has 33 heavy (non-hydrogen) atoms. The van der Waals surface area contributed by atoms with Gasteiger partial charge in [0.05, 0.1) is 5.56 Å². The minimum absolute atomic E-state index is 0.0249. The summed E-state index contributed by atoms with van der Waals surface area (Å²) in [6.45, 7) is 0.645. The maximum atomic E-state index is 12.6. The monoisotopic (exact) mass is 454 g/mol. The summed E-state index contributed by atoms with van der Waals surface area (Å²) >= 11 is 0. The number of hydrogen-bond donors (Lipinski definition) is 3. The molecule has 0 bridgehead atoms. The van der Waals surface area contributed by atoms with Crippen LogP contribution in [-0.4, -0.2) is 62.4 Å². The minimum atomic E-state index is -1.13. The number of pyridine rings is 2. The first-order valence-corrected chi connectivity index (χ1v) is 11.5. The Hall–Kier alpha value is -3.04. The maximum Gasteiger partial charge on any atom is 0.358 e. The van der Waals surface area contributed by atoms with Crippen molar-refractivity contribution in [2.75, 3.05) is 18.5 Å². The van der Waals surface area contributed by atoms with Gasteiger partial charge in [-0.05, 0) is 74.6 Å². The van der Waals surface area contributed by atoms with Crippen LogP contribution in [0.25, 0.3) is 0 Å². The van der Waals surface area contributed by atoms with E-state index in [1.54, 1.807) is 18.3 Å². The molecule has 2 aromatic rings. The Bertz CT molecular complexity index is 965. The molecule has 3 N–H and O–H groups in total. The topological polar surface area (TPSA) is 125 Å². The van der Waals surface area contributed by atoms with Crippen LogP contribution in [0, 0.1) is 5.92 Å². The normalized spacial score (nSPS) is 20.3. The molecule has 1 fully saturated rings. The molecule has 0 radical (unpaired) electrons. The molecule has 2 aromatic heterocycles. The fraction of sp³-hybridized carbons (Fsp3) is 0.500. The molecule has 1 saturated carbocycles. The smallest absolute Gasteiger partial charge is 0.358 e. The van der Waals surface area contributed by atoms with E-state index in [4.69, 9.17) is 9.82 Å². The predicted octanol–water partition coefficient (Wildman–Crippen LogP) is 2.46. The molecule has 0 aromatic carbocycles. The lowest BCUT2D eigenvalue weighted by Gasteiger charge is -2.43. The first kappa shape index (κ1) is 23.1. The van der Waals surface area contributed by atoms with E-state index < -0.39 is 18.0 Å². The number of carboxylic acids is 1.